The second-order valence-electron chi connectivity index (χ2n) is 6.62. The molecule has 28 heavy (non-hydrogen) atoms. The van der Waals surface area contributed by atoms with Crippen LogP contribution >= 0.6 is 0 Å². The first-order chi connectivity index (χ1) is 13.6. The van der Waals surface area contributed by atoms with Crippen LogP contribution in [-0.4, -0.2) is 19.2 Å². The standard InChI is InChI=1S/C23H29FO4/c1-3-5-6-7-8-16-27-22-14-9-18(17-21(22)24)23(25)28-20-12-10-19(11-13-20)26-15-4-2/h9-14,17H,3-8,15-16H2,1-2H3. The number of benzene rings is 2. The molecule has 0 atom stereocenters. The molecule has 2 aromatic carbocycles. The number of ether oxygens (including phenoxy) is 3. The molecular formula is C23H29FO4. The lowest BCUT2D eigenvalue weighted by molar-refractivity contribution is 0.0734. The highest BCUT2D eigenvalue weighted by molar-refractivity contribution is 5.91. The maximum Gasteiger partial charge on any atom is 0.343 e. The minimum absolute atomic E-state index is 0.138. The highest BCUT2D eigenvalue weighted by atomic mass is 19.1. The van der Waals surface area contributed by atoms with Crippen LogP contribution in [0.25, 0.3) is 0 Å². The van der Waals surface area contributed by atoms with Crippen molar-refractivity contribution in [3.05, 3.63) is 53.8 Å². The summed E-state index contributed by atoms with van der Waals surface area (Å²) in [6.45, 7) is 5.29. The largest absolute Gasteiger partial charge is 0.494 e. The van der Waals surface area contributed by atoms with E-state index >= 15 is 0 Å². The van der Waals surface area contributed by atoms with Gasteiger partial charge in [0.2, 0.25) is 0 Å². The van der Waals surface area contributed by atoms with E-state index in [1.165, 1.54) is 31.4 Å². The number of carbonyl (C=O) groups is 1. The van der Waals surface area contributed by atoms with Crippen LogP contribution in [0.3, 0.4) is 0 Å². The summed E-state index contributed by atoms with van der Waals surface area (Å²) in [5.74, 6) is 0.0635. The van der Waals surface area contributed by atoms with E-state index in [1.807, 2.05) is 6.92 Å². The maximum absolute atomic E-state index is 14.2. The average Bonchev–Trinajstić information content (AvgIpc) is 2.71. The van der Waals surface area contributed by atoms with Crippen molar-refractivity contribution in [3.63, 3.8) is 0 Å². The average molecular weight is 388 g/mol. The van der Waals surface area contributed by atoms with Crippen LogP contribution < -0.4 is 14.2 Å². The number of esters is 1. The lowest BCUT2D eigenvalue weighted by Gasteiger charge is -2.09. The van der Waals surface area contributed by atoms with E-state index in [0.717, 1.165) is 25.3 Å². The van der Waals surface area contributed by atoms with Crippen molar-refractivity contribution < 1.29 is 23.4 Å². The monoisotopic (exact) mass is 388 g/mol. The molecular weight excluding hydrogens is 359 g/mol. The molecule has 0 saturated heterocycles. The summed E-state index contributed by atoms with van der Waals surface area (Å²) in [6.07, 6.45) is 6.44. The van der Waals surface area contributed by atoms with Crippen molar-refractivity contribution in [3.8, 4) is 17.2 Å². The molecule has 2 rings (SSSR count). The third kappa shape index (κ3) is 7.22. The first kappa shape index (κ1) is 21.7. The maximum atomic E-state index is 14.2. The van der Waals surface area contributed by atoms with Crippen LogP contribution in [0, 0.1) is 5.82 Å². The Labute approximate surface area is 166 Å². The molecule has 0 radical (unpaired) electrons. The molecule has 0 unspecified atom stereocenters. The number of unbranched alkanes of at least 4 members (excludes halogenated alkanes) is 4. The molecule has 0 aromatic heterocycles. The Bertz CT molecular complexity index is 728. The Morgan fingerprint density at radius 2 is 1.54 bits per heavy atom. The zero-order valence-corrected chi connectivity index (χ0v) is 16.7. The lowest BCUT2D eigenvalue weighted by Crippen LogP contribution is -2.09. The van der Waals surface area contributed by atoms with Crippen LogP contribution in [0.5, 0.6) is 17.2 Å². The molecule has 0 spiro atoms. The van der Waals surface area contributed by atoms with E-state index in [-0.39, 0.29) is 11.3 Å². The van der Waals surface area contributed by atoms with E-state index in [1.54, 1.807) is 24.3 Å². The molecule has 0 aliphatic rings. The minimum atomic E-state index is -0.618. The van der Waals surface area contributed by atoms with E-state index in [4.69, 9.17) is 14.2 Å². The predicted octanol–water partition coefficient (Wildman–Crippen LogP) is 6.18. The van der Waals surface area contributed by atoms with Crippen molar-refractivity contribution in [1.82, 2.24) is 0 Å². The number of carbonyl (C=O) groups excluding carboxylic acids is 1. The van der Waals surface area contributed by atoms with Crippen molar-refractivity contribution in [1.29, 1.82) is 0 Å². The zero-order chi connectivity index (χ0) is 20.2. The Morgan fingerprint density at radius 3 is 2.21 bits per heavy atom. The van der Waals surface area contributed by atoms with Crippen molar-refractivity contribution in [2.24, 2.45) is 0 Å². The molecule has 2 aromatic rings. The van der Waals surface area contributed by atoms with Crippen molar-refractivity contribution in [2.75, 3.05) is 13.2 Å². The van der Waals surface area contributed by atoms with E-state index in [9.17, 15) is 9.18 Å². The smallest absolute Gasteiger partial charge is 0.343 e. The fourth-order valence-corrected chi connectivity index (χ4v) is 2.62. The van der Waals surface area contributed by atoms with Gasteiger partial charge >= 0.3 is 5.97 Å². The van der Waals surface area contributed by atoms with E-state index in [0.29, 0.717) is 24.7 Å². The molecule has 0 saturated carbocycles. The van der Waals surface area contributed by atoms with Gasteiger partial charge in [0.25, 0.3) is 0 Å². The molecule has 4 nitrogen and oxygen atoms in total. The summed E-state index contributed by atoms with van der Waals surface area (Å²) in [7, 11) is 0. The van der Waals surface area contributed by atoms with Crippen LogP contribution in [-0.2, 0) is 0 Å². The Morgan fingerprint density at radius 1 is 0.821 bits per heavy atom. The van der Waals surface area contributed by atoms with Gasteiger partial charge in [-0.25, -0.2) is 9.18 Å². The SMILES string of the molecule is CCCCCCCOc1ccc(C(=O)Oc2ccc(OCCC)cc2)cc1F. The number of rotatable bonds is 12. The van der Waals surface area contributed by atoms with Crippen molar-refractivity contribution >= 4 is 5.97 Å². The quantitative estimate of drug-likeness (QED) is 0.247. The second kappa shape index (κ2) is 12.0. The van der Waals surface area contributed by atoms with E-state index in [2.05, 4.69) is 6.92 Å². The number of halogens is 1. The number of hydrogen-bond acceptors (Lipinski definition) is 4. The molecule has 0 fully saturated rings. The van der Waals surface area contributed by atoms with Gasteiger partial charge in [0.15, 0.2) is 11.6 Å². The Hall–Kier alpha value is -2.56. The van der Waals surface area contributed by atoms with Gasteiger partial charge in [-0.2, -0.15) is 0 Å². The number of hydrogen-bond donors (Lipinski definition) is 0. The summed E-state index contributed by atoms with van der Waals surface area (Å²) in [5.41, 5.74) is 0.138. The topological polar surface area (TPSA) is 44.8 Å². The second-order valence-corrected chi connectivity index (χ2v) is 6.62. The fraction of sp³-hybridized carbons (Fsp3) is 0.435. The lowest BCUT2D eigenvalue weighted by atomic mass is 10.2. The van der Waals surface area contributed by atoms with Gasteiger partial charge in [-0.3, -0.25) is 0 Å². The molecule has 0 N–H and O–H groups in total. The molecule has 0 heterocycles. The Kier molecular flexibility index (Phi) is 9.32. The zero-order valence-electron chi connectivity index (χ0n) is 16.7. The summed E-state index contributed by atoms with van der Waals surface area (Å²) >= 11 is 0. The van der Waals surface area contributed by atoms with Crippen LogP contribution in [0.15, 0.2) is 42.5 Å². The van der Waals surface area contributed by atoms with E-state index < -0.39 is 11.8 Å². The van der Waals surface area contributed by atoms with Gasteiger partial charge in [-0.15, -0.1) is 0 Å². The summed E-state index contributed by atoms with van der Waals surface area (Å²) in [4.78, 5) is 12.2. The van der Waals surface area contributed by atoms with Crippen molar-refractivity contribution in [2.45, 2.75) is 52.4 Å². The van der Waals surface area contributed by atoms with Gasteiger partial charge in [-0.1, -0.05) is 39.5 Å². The third-order valence-corrected chi connectivity index (χ3v) is 4.18. The summed E-state index contributed by atoms with van der Waals surface area (Å²) < 4.78 is 30.4. The molecule has 5 heteroatoms. The first-order valence-electron chi connectivity index (χ1n) is 10.0. The van der Waals surface area contributed by atoms with Gasteiger partial charge in [-0.05, 0) is 55.3 Å². The molecule has 0 aliphatic heterocycles. The molecule has 0 aliphatic carbocycles. The molecule has 0 bridgehead atoms. The highest BCUT2D eigenvalue weighted by Crippen LogP contribution is 2.22. The normalized spacial score (nSPS) is 10.5. The fourth-order valence-electron chi connectivity index (χ4n) is 2.62. The first-order valence-corrected chi connectivity index (χ1v) is 10.0. The summed E-state index contributed by atoms with van der Waals surface area (Å²) in [5, 5.41) is 0. The van der Waals surface area contributed by atoms with Crippen LogP contribution in [0.4, 0.5) is 4.39 Å². The summed E-state index contributed by atoms with van der Waals surface area (Å²) in [6, 6.07) is 10.9. The minimum Gasteiger partial charge on any atom is -0.494 e. The molecule has 152 valence electrons. The highest BCUT2D eigenvalue weighted by Gasteiger charge is 2.13. The van der Waals surface area contributed by atoms with Gasteiger partial charge in [0.05, 0.1) is 18.8 Å². The Balaban J connectivity index is 1.85. The van der Waals surface area contributed by atoms with Gasteiger partial charge < -0.3 is 14.2 Å². The van der Waals surface area contributed by atoms with Gasteiger partial charge in [0, 0.05) is 0 Å². The van der Waals surface area contributed by atoms with Gasteiger partial charge in [0.1, 0.15) is 11.5 Å². The van der Waals surface area contributed by atoms with Crippen LogP contribution in [0.2, 0.25) is 0 Å². The van der Waals surface area contributed by atoms with Crippen LogP contribution in [0.1, 0.15) is 62.7 Å². The third-order valence-electron chi connectivity index (χ3n) is 4.18. The predicted molar refractivity (Wildman–Crippen MR) is 108 cm³/mol. The molecule has 0 amide bonds.